The van der Waals surface area contributed by atoms with Gasteiger partial charge in [0.25, 0.3) is 5.91 Å². The van der Waals surface area contributed by atoms with Crippen LogP contribution < -0.4 is 9.64 Å². The predicted octanol–water partition coefficient (Wildman–Crippen LogP) is 4.23. The first-order chi connectivity index (χ1) is 13.0. The van der Waals surface area contributed by atoms with Gasteiger partial charge in [-0.2, -0.15) is 0 Å². The Morgan fingerprint density at radius 3 is 2.59 bits per heavy atom. The third kappa shape index (κ3) is 4.98. The minimum absolute atomic E-state index is 0.131. The molecule has 2 heterocycles. The lowest BCUT2D eigenvalue weighted by atomic mass is 9.91. The fourth-order valence-corrected chi connectivity index (χ4v) is 4.16. The molecule has 1 aromatic carbocycles. The van der Waals surface area contributed by atoms with Crippen LogP contribution in [0.2, 0.25) is 0 Å². The molecule has 1 amide bonds. The number of amides is 1. The van der Waals surface area contributed by atoms with E-state index in [1.807, 2.05) is 0 Å². The third-order valence-corrected chi connectivity index (χ3v) is 5.68. The molecule has 1 aromatic rings. The van der Waals surface area contributed by atoms with Crippen LogP contribution in [0.25, 0.3) is 0 Å². The summed E-state index contributed by atoms with van der Waals surface area (Å²) < 4.78 is 32.4. The van der Waals surface area contributed by atoms with Crippen LogP contribution in [0.15, 0.2) is 12.1 Å². The third-order valence-electron chi connectivity index (χ3n) is 5.68. The lowest BCUT2D eigenvalue weighted by Crippen LogP contribution is -2.44. The number of hydrogen-bond donors (Lipinski definition) is 0. The number of benzene rings is 1. The summed E-state index contributed by atoms with van der Waals surface area (Å²) >= 11 is 0. The molecule has 0 N–H and O–H groups in total. The number of halogens is 2. The molecule has 1 fully saturated rings. The fraction of sp³-hybridized carbons (Fsp3) is 0.667. The second kappa shape index (κ2) is 9.00. The SMILES string of the molecule is CCCCC1CCN(C[C@@H](C)CN2C(=O)COc3cc(F)c(F)cc32)CC1. The van der Waals surface area contributed by atoms with Crippen molar-refractivity contribution in [1.82, 2.24) is 4.90 Å². The van der Waals surface area contributed by atoms with Crippen LogP contribution in [0.1, 0.15) is 46.0 Å². The number of piperidine rings is 1. The molecule has 0 bridgehead atoms. The van der Waals surface area contributed by atoms with Crippen molar-refractivity contribution < 1.29 is 18.3 Å². The molecule has 0 aliphatic carbocycles. The number of rotatable bonds is 7. The summed E-state index contributed by atoms with van der Waals surface area (Å²) in [6.07, 6.45) is 6.40. The Hall–Kier alpha value is -1.69. The standard InChI is InChI=1S/C21H30F2N2O2/c1-3-4-5-16-6-8-24(9-7-16)12-15(2)13-25-19-10-17(22)18(23)11-20(19)27-14-21(25)26/h10-11,15-16H,3-9,12-14H2,1-2H3/t15-/m1/s1. The molecule has 0 spiro atoms. The number of anilines is 1. The topological polar surface area (TPSA) is 32.8 Å². The zero-order valence-corrected chi connectivity index (χ0v) is 16.3. The number of fused-ring (bicyclic) bond motifs is 1. The minimum atomic E-state index is -0.959. The van der Waals surface area contributed by atoms with Crippen LogP contribution in [-0.4, -0.2) is 43.6 Å². The average Bonchev–Trinajstić information content (AvgIpc) is 2.65. The number of nitrogens with zero attached hydrogens (tertiary/aromatic N) is 2. The maximum Gasteiger partial charge on any atom is 0.265 e. The van der Waals surface area contributed by atoms with E-state index in [-0.39, 0.29) is 24.2 Å². The number of carbonyl (C=O) groups is 1. The van der Waals surface area contributed by atoms with Crippen LogP contribution in [0.5, 0.6) is 5.75 Å². The van der Waals surface area contributed by atoms with Crippen molar-refractivity contribution in [1.29, 1.82) is 0 Å². The van der Waals surface area contributed by atoms with Gasteiger partial charge in [0.05, 0.1) is 5.69 Å². The molecule has 0 radical (unpaired) electrons. The molecular weight excluding hydrogens is 350 g/mol. The smallest absolute Gasteiger partial charge is 0.265 e. The second-order valence-corrected chi connectivity index (χ2v) is 8.02. The highest BCUT2D eigenvalue weighted by molar-refractivity contribution is 5.97. The molecule has 1 saturated heterocycles. The lowest BCUT2D eigenvalue weighted by molar-refractivity contribution is -0.121. The highest BCUT2D eigenvalue weighted by atomic mass is 19.2. The Bertz CT molecular complexity index is 660. The van der Waals surface area contributed by atoms with E-state index in [9.17, 15) is 13.6 Å². The van der Waals surface area contributed by atoms with Gasteiger partial charge in [-0.1, -0.05) is 33.1 Å². The summed E-state index contributed by atoms with van der Waals surface area (Å²) in [6.45, 7) is 7.81. The Morgan fingerprint density at radius 1 is 1.19 bits per heavy atom. The number of hydrogen-bond acceptors (Lipinski definition) is 3. The first-order valence-corrected chi connectivity index (χ1v) is 10.1. The Labute approximate surface area is 160 Å². The fourth-order valence-electron chi connectivity index (χ4n) is 4.16. The Morgan fingerprint density at radius 2 is 1.89 bits per heavy atom. The van der Waals surface area contributed by atoms with Crippen molar-refractivity contribution in [2.24, 2.45) is 11.8 Å². The number of likely N-dealkylation sites (tertiary alicyclic amines) is 1. The van der Waals surface area contributed by atoms with Gasteiger partial charge in [0.15, 0.2) is 18.2 Å². The normalized spacial score (nSPS) is 19.7. The van der Waals surface area contributed by atoms with Gasteiger partial charge in [0, 0.05) is 25.2 Å². The molecule has 150 valence electrons. The second-order valence-electron chi connectivity index (χ2n) is 8.02. The van der Waals surface area contributed by atoms with Crippen LogP contribution in [-0.2, 0) is 4.79 Å². The van der Waals surface area contributed by atoms with Gasteiger partial charge in [-0.25, -0.2) is 8.78 Å². The van der Waals surface area contributed by atoms with E-state index in [4.69, 9.17) is 4.74 Å². The van der Waals surface area contributed by atoms with E-state index in [0.29, 0.717) is 12.2 Å². The van der Waals surface area contributed by atoms with E-state index in [0.717, 1.165) is 37.7 Å². The van der Waals surface area contributed by atoms with Crippen LogP contribution in [0.3, 0.4) is 0 Å². The van der Waals surface area contributed by atoms with Crippen molar-refractivity contribution in [3.63, 3.8) is 0 Å². The molecule has 27 heavy (non-hydrogen) atoms. The van der Waals surface area contributed by atoms with Gasteiger partial charge in [0.2, 0.25) is 0 Å². The predicted molar refractivity (Wildman–Crippen MR) is 102 cm³/mol. The van der Waals surface area contributed by atoms with E-state index in [1.54, 1.807) is 4.90 Å². The summed E-state index contributed by atoms with van der Waals surface area (Å²) in [6, 6.07) is 2.09. The van der Waals surface area contributed by atoms with Crippen LogP contribution in [0, 0.1) is 23.5 Å². The molecule has 0 unspecified atom stereocenters. The largest absolute Gasteiger partial charge is 0.481 e. The van der Waals surface area contributed by atoms with E-state index >= 15 is 0 Å². The van der Waals surface area contributed by atoms with Gasteiger partial charge < -0.3 is 14.5 Å². The maximum absolute atomic E-state index is 13.7. The van der Waals surface area contributed by atoms with Gasteiger partial charge in [0.1, 0.15) is 5.75 Å². The van der Waals surface area contributed by atoms with Crippen molar-refractivity contribution in [3.05, 3.63) is 23.8 Å². The van der Waals surface area contributed by atoms with E-state index < -0.39 is 11.6 Å². The van der Waals surface area contributed by atoms with Crippen LogP contribution in [0.4, 0.5) is 14.5 Å². The highest BCUT2D eigenvalue weighted by Crippen LogP contribution is 2.34. The van der Waals surface area contributed by atoms with E-state index in [1.165, 1.54) is 32.1 Å². The molecule has 2 aliphatic rings. The van der Waals surface area contributed by atoms with Gasteiger partial charge in [-0.3, -0.25) is 4.79 Å². The molecule has 2 aliphatic heterocycles. The monoisotopic (exact) mass is 380 g/mol. The Balaban J connectivity index is 1.56. The number of carbonyl (C=O) groups excluding carboxylic acids is 1. The molecule has 1 atom stereocenters. The molecule has 3 rings (SSSR count). The zero-order chi connectivity index (χ0) is 19.4. The van der Waals surface area contributed by atoms with Crippen molar-refractivity contribution in [2.45, 2.75) is 46.0 Å². The van der Waals surface area contributed by atoms with Gasteiger partial charge >= 0.3 is 0 Å². The summed E-state index contributed by atoms with van der Waals surface area (Å²) in [4.78, 5) is 16.3. The molecule has 4 nitrogen and oxygen atoms in total. The number of unbranched alkanes of at least 4 members (excludes halogenated alkanes) is 1. The number of ether oxygens (including phenoxy) is 1. The van der Waals surface area contributed by atoms with E-state index in [2.05, 4.69) is 18.7 Å². The summed E-state index contributed by atoms with van der Waals surface area (Å²) in [7, 11) is 0. The van der Waals surface area contributed by atoms with Crippen molar-refractivity contribution in [3.8, 4) is 5.75 Å². The van der Waals surface area contributed by atoms with Gasteiger partial charge in [-0.15, -0.1) is 0 Å². The summed E-state index contributed by atoms with van der Waals surface area (Å²) in [5, 5.41) is 0. The molecule has 6 heteroatoms. The van der Waals surface area contributed by atoms with Crippen molar-refractivity contribution >= 4 is 11.6 Å². The zero-order valence-electron chi connectivity index (χ0n) is 16.3. The quantitative estimate of drug-likeness (QED) is 0.710. The van der Waals surface area contributed by atoms with Crippen molar-refractivity contribution in [2.75, 3.05) is 37.7 Å². The summed E-state index contributed by atoms with van der Waals surface area (Å²) in [5.74, 6) is -0.806. The lowest BCUT2D eigenvalue weighted by Gasteiger charge is -2.36. The maximum atomic E-state index is 13.7. The Kier molecular flexibility index (Phi) is 6.68. The summed E-state index contributed by atoms with van der Waals surface area (Å²) in [5.41, 5.74) is 0.329. The first-order valence-electron chi connectivity index (χ1n) is 10.1. The minimum Gasteiger partial charge on any atom is -0.481 e. The first kappa shape index (κ1) is 20.1. The van der Waals surface area contributed by atoms with Gasteiger partial charge in [-0.05, 0) is 37.8 Å². The highest BCUT2D eigenvalue weighted by Gasteiger charge is 2.29. The molecule has 0 saturated carbocycles. The molecular formula is C21H30F2N2O2. The molecule has 0 aromatic heterocycles. The van der Waals surface area contributed by atoms with Crippen LogP contribution >= 0.6 is 0 Å². The average molecular weight is 380 g/mol.